The highest BCUT2D eigenvalue weighted by Crippen LogP contribution is 2.30. The molecule has 1 fully saturated rings. The molecule has 1 aromatic heterocycles. The molecule has 0 aliphatic carbocycles. The van der Waals surface area contributed by atoms with Gasteiger partial charge in [0.05, 0.1) is 6.61 Å². The van der Waals surface area contributed by atoms with Crippen molar-refractivity contribution in [3.05, 3.63) is 22.4 Å². The van der Waals surface area contributed by atoms with Crippen molar-refractivity contribution in [3.8, 4) is 0 Å². The van der Waals surface area contributed by atoms with E-state index in [9.17, 15) is 0 Å². The van der Waals surface area contributed by atoms with Crippen LogP contribution in [0.1, 0.15) is 31.6 Å². The summed E-state index contributed by atoms with van der Waals surface area (Å²) in [6, 6.07) is 4.38. The molecular weight excluding hydrogens is 268 g/mol. The van der Waals surface area contributed by atoms with Gasteiger partial charge in [-0.3, -0.25) is 4.90 Å². The first-order valence-corrected chi connectivity index (χ1v) is 8.69. The van der Waals surface area contributed by atoms with Gasteiger partial charge in [0.1, 0.15) is 0 Å². The van der Waals surface area contributed by atoms with E-state index in [1.165, 1.54) is 17.7 Å². The molecule has 0 aromatic carbocycles. The molecule has 1 unspecified atom stereocenters. The average molecular weight is 296 g/mol. The lowest BCUT2D eigenvalue weighted by molar-refractivity contribution is -0.0264. The van der Waals surface area contributed by atoms with Crippen molar-refractivity contribution < 1.29 is 4.74 Å². The summed E-state index contributed by atoms with van der Waals surface area (Å²) in [5, 5.41) is 5.71. The first-order valence-electron chi connectivity index (χ1n) is 7.81. The lowest BCUT2D eigenvalue weighted by atomic mass is 9.81. The van der Waals surface area contributed by atoms with Crippen LogP contribution < -0.4 is 5.32 Å². The van der Waals surface area contributed by atoms with Crippen molar-refractivity contribution >= 4 is 11.3 Å². The fourth-order valence-electron chi connectivity index (χ4n) is 3.00. The topological polar surface area (TPSA) is 24.5 Å². The number of nitrogens with zero attached hydrogens (tertiary/aromatic N) is 1. The highest BCUT2D eigenvalue weighted by atomic mass is 32.1. The molecule has 0 bridgehead atoms. The van der Waals surface area contributed by atoms with Crippen LogP contribution in [0.25, 0.3) is 0 Å². The number of hydrogen-bond acceptors (Lipinski definition) is 4. The second-order valence-corrected chi connectivity index (χ2v) is 6.85. The minimum absolute atomic E-state index is 0.293. The minimum atomic E-state index is 0.293. The van der Waals surface area contributed by atoms with Crippen molar-refractivity contribution in [1.82, 2.24) is 10.2 Å². The van der Waals surface area contributed by atoms with Crippen molar-refractivity contribution in [2.75, 3.05) is 39.4 Å². The summed E-state index contributed by atoms with van der Waals surface area (Å²) in [4.78, 5) is 4.03. The van der Waals surface area contributed by atoms with Gasteiger partial charge in [0.25, 0.3) is 0 Å². The summed E-state index contributed by atoms with van der Waals surface area (Å²) in [6.07, 6.45) is 2.48. The fraction of sp³-hybridized carbons (Fsp3) is 0.750. The van der Waals surface area contributed by atoms with Crippen molar-refractivity contribution in [1.29, 1.82) is 0 Å². The molecule has 114 valence electrons. The largest absolute Gasteiger partial charge is 0.381 e. The van der Waals surface area contributed by atoms with Crippen LogP contribution in [0.5, 0.6) is 0 Å². The van der Waals surface area contributed by atoms with E-state index in [0.717, 1.165) is 45.9 Å². The summed E-state index contributed by atoms with van der Waals surface area (Å²) in [7, 11) is 0. The zero-order valence-electron chi connectivity index (χ0n) is 12.9. The smallest absolute Gasteiger partial charge is 0.0546 e. The first kappa shape index (κ1) is 16.0. The van der Waals surface area contributed by atoms with E-state index in [-0.39, 0.29) is 0 Å². The van der Waals surface area contributed by atoms with Gasteiger partial charge in [-0.25, -0.2) is 0 Å². The zero-order chi connectivity index (χ0) is 14.3. The van der Waals surface area contributed by atoms with E-state index in [2.05, 4.69) is 41.6 Å². The van der Waals surface area contributed by atoms with Crippen molar-refractivity contribution in [3.63, 3.8) is 0 Å². The molecule has 1 saturated heterocycles. The molecule has 0 amide bonds. The number of rotatable bonds is 8. The molecular formula is C16H28N2OS. The maximum absolute atomic E-state index is 5.80. The number of thiophene rings is 1. The summed E-state index contributed by atoms with van der Waals surface area (Å²) >= 11 is 1.86. The maximum atomic E-state index is 5.80. The fourth-order valence-corrected chi connectivity index (χ4v) is 3.74. The van der Waals surface area contributed by atoms with Crippen LogP contribution in [-0.2, 0) is 11.3 Å². The third-order valence-corrected chi connectivity index (χ3v) is 4.98. The third kappa shape index (κ3) is 4.55. The summed E-state index contributed by atoms with van der Waals surface area (Å²) in [5.41, 5.74) is 0.293. The summed E-state index contributed by atoms with van der Waals surface area (Å²) < 4.78 is 5.80. The van der Waals surface area contributed by atoms with Crippen LogP contribution in [0.3, 0.4) is 0 Å². The van der Waals surface area contributed by atoms with Crippen LogP contribution in [0, 0.1) is 5.41 Å². The summed E-state index contributed by atoms with van der Waals surface area (Å²) in [6.45, 7) is 11.7. The van der Waals surface area contributed by atoms with E-state index >= 15 is 0 Å². The molecule has 2 rings (SSSR count). The van der Waals surface area contributed by atoms with Gasteiger partial charge in [0.15, 0.2) is 0 Å². The van der Waals surface area contributed by atoms with Crippen molar-refractivity contribution in [2.45, 2.75) is 33.2 Å². The quantitative estimate of drug-likeness (QED) is 0.798. The molecule has 1 aromatic rings. The Morgan fingerprint density at radius 3 is 2.95 bits per heavy atom. The highest BCUT2D eigenvalue weighted by Gasteiger charge is 2.34. The monoisotopic (exact) mass is 296 g/mol. The number of nitrogens with one attached hydrogen (secondary N) is 1. The van der Waals surface area contributed by atoms with Crippen LogP contribution in [0.2, 0.25) is 0 Å². The first-order chi connectivity index (χ1) is 9.78. The molecule has 3 nitrogen and oxygen atoms in total. The molecule has 0 saturated carbocycles. The molecule has 20 heavy (non-hydrogen) atoms. The van der Waals surface area contributed by atoms with Gasteiger partial charge in [-0.1, -0.05) is 19.9 Å². The molecule has 1 N–H and O–H groups in total. The molecule has 1 aliphatic rings. The van der Waals surface area contributed by atoms with Gasteiger partial charge in [-0.05, 0) is 37.4 Å². The highest BCUT2D eigenvalue weighted by molar-refractivity contribution is 7.09. The van der Waals surface area contributed by atoms with Gasteiger partial charge in [0, 0.05) is 36.5 Å². The second kappa shape index (κ2) is 8.13. The molecule has 1 atom stereocenters. The predicted octanol–water partition coefficient (Wildman–Crippen LogP) is 2.98. The number of hydrogen-bond donors (Lipinski definition) is 1. The Bertz CT molecular complexity index is 361. The lowest BCUT2D eigenvalue weighted by Crippen LogP contribution is -2.48. The Morgan fingerprint density at radius 2 is 2.35 bits per heavy atom. The third-order valence-electron chi connectivity index (χ3n) is 4.12. The van der Waals surface area contributed by atoms with E-state index in [4.69, 9.17) is 4.74 Å². The molecule has 0 spiro atoms. The Kier molecular flexibility index (Phi) is 6.49. The Balaban J connectivity index is 1.96. The lowest BCUT2D eigenvalue weighted by Gasteiger charge is -2.40. The Labute approximate surface area is 127 Å². The molecule has 0 radical (unpaired) electrons. The van der Waals surface area contributed by atoms with Gasteiger partial charge >= 0.3 is 0 Å². The van der Waals surface area contributed by atoms with E-state index < -0.39 is 0 Å². The van der Waals surface area contributed by atoms with Crippen LogP contribution in [-0.4, -0.2) is 44.3 Å². The Morgan fingerprint density at radius 1 is 1.45 bits per heavy atom. The van der Waals surface area contributed by atoms with Gasteiger partial charge < -0.3 is 10.1 Å². The van der Waals surface area contributed by atoms with Gasteiger partial charge in [-0.2, -0.15) is 0 Å². The van der Waals surface area contributed by atoms with Crippen molar-refractivity contribution in [2.24, 2.45) is 5.41 Å². The minimum Gasteiger partial charge on any atom is -0.381 e. The van der Waals surface area contributed by atoms with Crippen LogP contribution in [0.4, 0.5) is 0 Å². The van der Waals surface area contributed by atoms with E-state index in [1.54, 1.807) is 0 Å². The van der Waals surface area contributed by atoms with Crippen LogP contribution in [0.15, 0.2) is 17.5 Å². The average Bonchev–Trinajstić information content (AvgIpc) is 2.98. The second-order valence-electron chi connectivity index (χ2n) is 5.82. The number of ether oxygens (including phenoxy) is 1. The maximum Gasteiger partial charge on any atom is 0.0546 e. The molecule has 2 heterocycles. The molecule has 1 aliphatic heterocycles. The standard InChI is InChI=1S/C16H28N2OS/c1-3-17-12-16(8-6-9-19-14-16)13-18(4-2)11-15-7-5-10-20-15/h5,7,10,17H,3-4,6,8-9,11-14H2,1-2H3. The van der Waals surface area contributed by atoms with E-state index in [0.29, 0.717) is 5.41 Å². The Hall–Kier alpha value is -0.420. The SMILES string of the molecule is CCNCC1(CN(CC)Cc2cccs2)CCCOC1. The van der Waals surface area contributed by atoms with Gasteiger partial charge in [0.2, 0.25) is 0 Å². The normalized spacial score (nSPS) is 23.4. The van der Waals surface area contributed by atoms with E-state index in [1.807, 2.05) is 11.3 Å². The predicted molar refractivity (Wildman–Crippen MR) is 86.3 cm³/mol. The summed E-state index contributed by atoms with van der Waals surface area (Å²) in [5.74, 6) is 0. The van der Waals surface area contributed by atoms with Crippen LogP contribution >= 0.6 is 11.3 Å². The van der Waals surface area contributed by atoms with Gasteiger partial charge in [-0.15, -0.1) is 11.3 Å². The zero-order valence-corrected chi connectivity index (χ0v) is 13.7. The molecule has 4 heteroatoms.